The Bertz CT molecular complexity index is 1200. The third-order valence-electron chi connectivity index (χ3n) is 5.78. The first kappa shape index (κ1) is 19.5. The topological polar surface area (TPSA) is 73.5 Å². The summed E-state index contributed by atoms with van der Waals surface area (Å²) in [5.41, 5.74) is 5.93. The molecule has 1 unspecified atom stereocenters. The molecule has 7 nitrogen and oxygen atoms in total. The van der Waals surface area contributed by atoms with Crippen molar-refractivity contribution in [3.63, 3.8) is 0 Å². The Morgan fingerprint density at radius 3 is 2.84 bits per heavy atom. The van der Waals surface area contributed by atoms with Gasteiger partial charge >= 0.3 is 0 Å². The third-order valence-corrected chi connectivity index (χ3v) is 5.78. The highest BCUT2D eigenvalue weighted by molar-refractivity contribution is 5.92. The van der Waals surface area contributed by atoms with Crippen molar-refractivity contribution in [1.82, 2.24) is 24.7 Å². The van der Waals surface area contributed by atoms with Crippen LogP contribution in [-0.2, 0) is 18.2 Å². The van der Waals surface area contributed by atoms with E-state index < -0.39 is 0 Å². The first-order valence-corrected chi connectivity index (χ1v) is 10.6. The molecule has 4 aromatic rings. The SMILES string of the molecule is Cn1cc(-c2ccc(Cc3cc(C(=O)NCC4CCOC4)nn4cccc34)cc2)cn1. The number of carbonyl (C=O) groups excluding carboxylic acids is 1. The molecule has 1 aromatic carbocycles. The lowest BCUT2D eigenvalue weighted by Crippen LogP contribution is -2.30. The fourth-order valence-corrected chi connectivity index (χ4v) is 4.03. The van der Waals surface area contributed by atoms with Crippen LogP contribution in [0.25, 0.3) is 16.6 Å². The van der Waals surface area contributed by atoms with Gasteiger partial charge in [0.25, 0.3) is 5.91 Å². The Hall–Kier alpha value is -3.45. The predicted octanol–water partition coefficient (Wildman–Crippen LogP) is 3.09. The monoisotopic (exact) mass is 415 g/mol. The van der Waals surface area contributed by atoms with Crippen LogP contribution in [-0.4, -0.2) is 45.1 Å². The highest BCUT2D eigenvalue weighted by Gasteiger charge is 2.18. The molecule has 0 bridgehead atoms. The van der Waals surface area contributed by atoms with Crippen LogP contribution < -0.4 is 5.32 Å². The molecule has 5 rings (SSSR count). The van der Waals surface area contributed by atoms with Gasteiger partial charge in [0.1, 0.15) is 5.69 Å². The molecule has 1 atom stereocenters. The van der Waals surface area contributed by atoms with Crippen molar-refractivity contribution in [2.75, 3.05) is 19.8 Å². The number of rotatable bonds is 6. The number of carbonyl (C=O) groups is 1. The zero-order valence-electron chi connectivity index (χ0n) is 17.5. The standard InChI is InChI=1S/C24H25N5O2/c1-28-15-21(14-26-28)19-6-4-17(5-7-19)11-20-12-22(27-29-9-2-3-23(20)29)24(30)25-13-18-8-10-31-16-18/h2-7,9,12,14-15,18H,8,10-11,13,16H2,1H3,(H,25,30). The van der Waals surface area contributed by atoms with E-state index in [0.29, 0.717) is 24.8 Å². The van der Waals surface area contributed by atoms with Gasteiger partial charge in [-0.25, -0.2) is 4.52 Å². The molecule has 0 aliphatic carbocycles. The minimum absolute atomic E-state index is 0.143. The highest BCUT2D eigenvalue weighted by atomic mass is 16.5. The van der Waals surface area contributed by atoms with E-state index in [1.807, 2.05) is 43.8 Å². The van der Waals surface area contributed by atoms with Gasteiger partial charge in [0.05, 0.1) is 18.3 Å². The maximum absolute atomic E-state index is 12.7. The summed E-state index contributed by atoms with van der Waals surface area (Å²) in [4.78, 5) is 12.7. The number of amides is 1. The van der Waals surface area contributed by atoms with Gasteiger partial charge in [-0.1, -0.05) is 24.3 Å². The zero-order chi connectivity index (χ0) is 21.2. The van der Waals surface area contributed by atoms with Crippen LogP contribution in [0.15, 0.2) is 61.1 Å². The average molecular weight is 415 g/mol. The first-order chi connectivity index (χ1) is 15.2. The van der Waals surface area contributed by atoms with Crippen molar-refractivity contribution < 1.29 is 9.53 Å². The van der Waals surface area contributed by atoms with E-state index in [9.17, 15) is 4.79 Å². The van der Waals surface area contributed by atoms with Crippen LogP contribution in [0.1, 0.15) is 28.0 Å². The molecule has 4 heterocycles. The number of nitrogens with one attached hydrogen (secondary N) is 1. The summed E-state index contributed by atoms with van der Waals surface area (Å²) in [6.45, 7) is 2.11. The van der Waals surface area contributed by atoms with E-state index in [1.54, 1.807) is 9.20 Å². The van der Waals surface area contributed by atoms with E-state index in [2.05, 4.69) is 39.8 Å². The molecule has 1 fully saturated rings. The number of hydrogen-bond acceptors (Lipinski definition) is 4. The van der Waals surface area contributed by atoms with Gasteiger partial charge in [-0.3, -0.25) is 9.48 Å². The fourth-order valence-electron chi connectivity index (χ4n) is 4.03. The first-order valence-electron chi connectivity index (χ1n) is 10.6. The average Bonchev–Trinajstić information content (AvgIpc) is 3.54. The zero-order valence-corrected chi connectivity index (χ0v) is 17.5. The van der Waals surface area contributed by atoms with Crippen LogP contribution in [0.4, 0.5) is 0 Å². The quantitative estimate of drug-likeness (QED) is 0.525. The minimum atomic E-state index is -0.143. The second-order valence-corrected chi connectivity index (χ2v) is 8.11. The summed E-state index contributed by atoms with van der Waals surface area (Å²) >= 11 is 0. The van der Waals surface area contributed by atoms with Crippen LogP contribution in [0, 0.1) is 5.92 Å². The number of nitrogens with zero attached hydrogens (tertiary/aromatic N) is 4. The van der Waals surface area contributed by atoms with Crippen molar-refractivity contribution in [3.05, 3.63) is 77.9 Å². The number of hydrogen-bond donors (Lipinski definition) is 1. The van der Waals surface area contributed by atoms with Gasteiger partial charge in [0.15, 0.2) is 0 Å². The lowest BCUT2D eigenvalue weighted by atomic mass is 10.0. The molecule has 1 saturated heterocycles. The van der Waals surface area contributed by atoms with Crippen molar-refractivity contribution in [2.24, 2.45) is 13.0 Å². The second-order valence-electron chi connectivity index (χ2n) is 8.11. The Morgan fingerprint density at radius 1 is 1.23 bits per heavy atom. The van der Waals surface area contributed by atoms with Crippen LogP contribution in [0.2, 0.25) is 0 Å². The lowest BCUT2D eigenvalue weighted by molar-refractivity contribution is 0.0938. The normalized spacial score (nSPS) is 16.1. The highest BCUT2D eigenvalue weighted by Crippen LogP contribution is 2.22. The molecule has 31 heavy (non-hydrogen) atoms. The van der Waals surface area contributed by atoms with E-state index in [-0.39, 0.29) is 5.91 Å². The fraction of sp³-hybridized carbons (Fsp3) is 0.292. The number of benzene rings is 1. The molecular weight excluding hydrogens is 390 g/mol. The Kier molecular flexibility index (Phi) is 5.26. The van der Waals surface area contributed by atoms with Crippen LogP contribution in [0.5, 0.6) is 0 Å². The van der Waals surface area contributed by atoms with Gasteiger partial charge in [-0.2, -0.15) is 10.2 Å². The summed E-state index contributed by atoms with van der Waals surface area (Å²) in [6, 6.07) is 14.4. The maximum atomic E-state index is 12.7. The summed E-state index contributed by atoms with van der Waals surface area (Å²) in [5.74, 6) is 0.243. The molecule has 1 aliphatic heterocycles. The molecule has 158 valence electrons. The Labute approximate surface area is 180 Å². The maximum Gasteiger partial charge on any atom is 0.271 e. The summed E-state index contributed by atoms with van der Waals surface area (Å²) < 4.78 is 8.98. The van der Waals surface area contributed by atoms with Gasteiger partial charge in [-0.15, -0.1) is 0 Å². The minimum Gasteiger partial charge on any atom is -0.381 e. The van der Waals surface area contributed by atoms with Gasteiger partial charge < -0.3 is 10.1 Å². The molecule has 3 aromatic heterocycles. The molecule has 7 heteroatoms. The van der Waals surface area contributed by atoms with E-state index in [0.717, 1.165) is 41.7 Å². The number of fused-ring (bicyclic) bond motifs is 1. The summed E-state index contributed by atoms with van der Waals surface area (Å²) in [7, 11) is 1.92. The lowest BCUT2D eigenvalue weighted by Gasteiger charge is -2.11. The van der Waals surface area contributed by atoms with E-state index in [1.165, 1.54) is 5.56 Å². The molecule has 0 saturated carbocycles. The van der Waals surface area contributed by atoms with Crippen molar-refractivity contribution in [3.8, 4) is 11.1 Å². The molecular formula is C24H25N5O2. The molecule has 1 N–H and O–H groups in total. The Morgan fingerprint density at radius 2 is 2.10 bits per heavy atom. The number of aromatic nitrogens is 4. The number of ether oxygens (including phenoxy) is 1. The van der Waals surface area contributed by atoms with Crippen molar-refractivity contribution in [2.45, 2.75) is 12.8 Å². The third kappa shape index (κ3) is 4.22. The second kappa shape index (κ2) is 8.35. The summed E-state index contributed by atoms with van der Waals surface area (Å²) in [5, 5.41) is 11.8. The van der Waals surface area contributed by atoms with E-state index in [4.69, 9.17) is 4.74 Å². The van der Waals surface area contributed by atoms with Gasteiger partial charge in [0, 0.05) is 44.1 Å². The Balaban J connectivity index is 1.36. The van der Waals surface area contributed by atoms with Gasteiger partial charge in [-0.05, 0) is 47.7 Å². The predicted molar refractivity (Wildman–Crippen MR) is 118 cm³/mol. The van der Waals surface area contributed by atoms with Crippen molar-refractivity contribution in [1.29, 1.82) is 0 Å². The van der Waals surface area contributed by atoms with Gasteiger partial charge in [0.2, 0.25) is 0 Å². The largest absolute Gasteiger partial charge is 0.381 e. The molecule has 1 aliphatic rings. The number of aryl methyl sites for hydroxylation is 1. The van der Waals surface area contributed by atoms with E-state index >= 15 is 0 Å². The molecule has 1 amide bonds. The summed E-state index contributed by atoms with van der Waals surface area (Å²) in [6.07, 6.45) is 7.46. The molecule has 0 spiro atoms. The van der Waals surface area contributed by atoms with Crippen LogP contribution >= 0.6 is 0 Å². The molecule has 0 radical (unpaired) electrons. The van der Waals surface area contributed by atoms with Crippen LogP contribution in [0.3, 0.4) is 0 Å². The smallest absolute Gasteiger partial charge is 0.271 e. The van der Waals surface area contributed by atoms with Crippen molar-refractivity contribution >= 4 is 11.4 Å².